The Morgan fingerprint density at radius 1 is 1.36 bits per heavy atom. The highest BCUT2D eigenvalue weighted by molar-refractivity contribution is 14.0. The van der Waals surface area contributed by atoms with E-state index in [1.54, 1.807) is 13.2 Å². The summed E-state index contributed by atoms with van der Waals surface area (Å²) in [5.74, 6) is 1.87. The maximum absolute atomic E-state index is 5.28. The van der Waals surface area contributed by atoms with Crippen LogP contribution in [0.4, 0.5) is 0 Å². The van der Waals surface area contributed by atoms with Crippen LogP contribution in [-0.4, -0.2) is 27.9 Å². The SMILES string of the molecule is CN=C(NCc1cc(C(C)C)no1)NCc1ccnn1C.I. The average Bonchev–Trinajstić information content (AvgIpc) is 3.08. The molecule has 0 atom stereocenters. The van der Waals surface area contributed by atoms with Crippen molar-refractivity contribution in [3.63, 3.8) is 0 Å². The molecule has 0 bridgehead atoms. The molecule has 2 rings (SSSR count). The van der Waals surface area contributed by atoms with E-state index >= 15 is 0 Å². The van der Waals surface area contributed by atoms with Crippen molar-refractivity contribution < 1.29 is 4.52 Å². The normalized spacial score (nSPS) is 11.4. The third-order valence-electron chi connectivity index (χ3n) is 3.18. The lowest BCUT2D eigenvalue weighted by Crippen LogP contribution is -2.36. The summed E-state index contributed by atoms with van der Waals surface area (Å²) in [7, 11) is 3.65. The fourth-order valence-electron chi connectivity index (χ4n) is 1.82. The van der Waals surface area contributed by atoms with Crippen molar-refractivity contribution in [2.24, 2.45) is 12.0 Å². The molecule has 0 radical (unpaired) electrons. The molecule has 0 spiro atoms. The molecule has 0 aliphatic rings. The Morgan fingerprint density at radius 3 is 2.64 bits per heavy atom. The first kappa shape index (κ1) is 18.5. The van der Waals surface area contributed by atoms with E-state index in [0.717, 1.165) is 17.1 Å². The highest BCUT2D eigenvalue weighted by atomic mass is 127. The van der Waals surface area contributed by atoms with Crippen LogP contribution in [0.1, 0.15) is 36.9 Å². The van der Waals surface area contributed by atoms with Crippen molar-refractivity contribution in [1.82, 2.24) is 25.6 Å². The van der Waals surface area contributed by atoms with Gasteiger partial charge in [0.25, 0.3) is 0 Å². The molecule has 0 unspecified atom stereocenters. The summed E-state index contributed by atoms with van der Waals surface area (Å²) in [5.41, 5.74) is 2.05. The molecule has 2 aromatic rings. The van der Waals surface area contributed by atoms with Gasteiger partial charge in [0.05, 0.1) is 24.5 Å². The Bertz CT molecular complexity index is 604. The van der Waals surface area contributed by atoms with Crippen LogP contribution in [0.25, 0.3) is 0 Å². The second kappa shape index (κ2) is 8.76. The molecule has 7 nitrogen and oxygen atoms in total. The van der Waals surface area contributed by atoms with E-state index in [-0.39, 0.29) is 24.0 Å². The van der Waals surface area contributed by atoms with Crippen LogP contribution in [0.15, 0.2) is 27.8 Å². The number of halogens is 1. The van der Waals surface area contributed by atoms with Gasteiger partial charge in [0, 0.05) is 26.4 Å². The summed E-state index contributed by atoms with van der Waals surface area (Å²) in [5, 5.41) is 14.6. The lowest BCUT2D eigenvalue weighted by Gasteiger charge is -2.10. The standard InChI is InChI=1S/C14H22N6O.HI/c1-10(2)13-7-12(21-19-13)9-17-14(15-3)16-8-11-5-6-18-20(11)4;/h5-7,10H,8-9H2,1-4H3,(H2,15,16,17);1H. The number of aromatic nitrogens is 3. The molecule has 2 heterocycles. The number of hydrogen-bond donors (Lipinski definition) is 2. The molecular weight excluding hydrogens is 395 g/mol. The van der Waals surface area contributed by atoms with Gasteiger partial charge in [-0.05, 0) is 12.0 Å². The largest absolute Gasteiger partial charge is 0.359 e. The summed E-state index contributed by atoms with van der Waals surface area (Å²) in [6.07, 6.45) is 1.77. The zero-order valence-corrected chi connectivity index (χ0v) is 15.7. The van der Waals surface area contributed by atoms with Crippen molar-refractivity contribution in [3.8, 4) is 0 Å². The molecule has 0 aliphatic carbocycles. The number of nitrogens with zero attached hydrogens (tertiary/aromatic N) is 4. The summed E-state index contributed by atoms with van der Waals surface area (Å²) >= 11 is 0. The smallest absolute Gasteiger partial charge is 0.191 e. The van der Waals surface area contributed by atoms with Gasteiger partial charge in [-0.1, -0.05) is 19.0 Å². The molecule has 0 saturated heterocycles. The monoisotopic (exact) mass is 418 g/mol. The first-order valence-corrected chi connectivity index (χ1v) is 6.97. The Hall–Kier alpha value is -1.58. The number of rotatable bonds is 5. The maximum Gasteiger partial charge on any atom is 0.191 e. The summed E-state index contributed by atoms with van der Waals surface area (Å²) in [6.45, 7) is 5.38. The third kappa shape index (κ3) is 5.00. The highest BCUT2D eigenvalue weighted by Crippen LogP contribution is 2.13. The maximum atomic E-state index is 5.28. The van der Waals surface area contributed by atoms with Crippen molar-refractivity contribution in [2.45, 2.75) is 32.9 Å². The lowest BCUT2D eigenvalue weighted by molar-refractivity contribution is 0.372. The van der Waals surface area contributed by atoms with Crippen molar-refractivity contribution in [3.05, 3.63) is 35.5 Å². The van der Waals surface area contributed by atoms with Crippen LogP contribution in [0.2, 0.25) is 0 Å². The van der Waals surface area contributed by atoms with Crippen molar-refractivity contribution in [1.29, 1.82) is 0 Å². The lowest BCUT2D eigenvalue weighted by atomic mass is 10.1. The van der Waals surface area contributed by atoms with Crippen LogP contribution in [0.3, 0.4) is 0 Å². The first-order chi connectivity index (χ1) is 10.1. The number of aryl methyl sites for hydroxylation is 1. The third-order valence-corrected chi connectivity index (χ3v) is 3.18. The van der Waals surface area contributed by atoms with E-state index in [0.29, 0.717) is 25.0 Å². The topological polar surface area (TPSA) is 80.3 Å². The molecule has 0 aliphatic heterocycles. The zero-order valence-electron chi connectivity index (χ0n) is 13.3. The molecule has 0 saturated carbocycles. The van der Waals surface area contributed by atoms with E-state index in [2.05, 4.69) is 39.7 Å². The number of aliphatic imine (C=N–C) groups is 1. The number of hydrogen-bond acceptors (Lipinski definition) is 4. The molecule has 0 aromatic carbocycles. The van der Waals surface area contributed by atoms with E-state index in [4.69, 9.17) is 4.52 Å². The quantitative estimate of drug-likeness (QED) is 0.441. The van der Waals surface area contributed by atoms with Gasteiger partial charge in [-0.3, -0.25) is 9.67 Å². The van der Waals surface area contributed by atoms with Crippen LogP contribution < -0.4 is 10.6 Å². The fourth-order valence-corrected chi connectivity index (χ4v) is 1.82. The van der Waals surface area contributed by atoms with Gasteiger partial charge in [-0.25, -0.2) is 0 Å². The van der Waals surface area contributed by atoms with E-state index in [1.165, 1.54) is 0 Å². The van der Waals surface area contributed by atoms with Crippen molar-refractivity contribution >= 4 is 29.9 Å². The molecule has 22 heavy (non-hydrogen) atoms. The molecule has 0 fully saturated rings. The Morgan fingerprint density at radius 2 is 2.09 bits per heavy atom. The summed E-state index contributed by atoms with van der Waals surface area (Å²) in [4.78, 5) is 4.18. The van der Waals surface area contributed by atoms with Gasteiger partial charge in [-0.15, -0.1) is 24.0 Å². The summed E-state index contributed by atoms with van der Waals surface area (Å²) < 4.78 is 7.11. The van der Waals surface area contributed by atoms with E-state index < -0.39 is 0 Å². The molecule has 8 heteroatoms. The predicted molar refractivity (Wildman–Crippen MR) is 96.3 cm³/mol. The van der Waals surface area contributed by atoms with E-state index in [9.17, 15) is 0 Å². The van der Waals surface area contributed by atoms with Crippen LogP contribution >= 0.6 is 24.0 Å². The molecular formula is C14H23IN6O. The fraction of sp³-hybridized carbons (Fsp3) is 0.500. The number of nitrogens with one attached hydrogen (secondary N) is 2. The predicted octanol–water partition coefficient (Wildman–Crippen LogP) is 2.01. The minimum absolute atomic E-state index is 0. The minimum atomic E-state index is 0. The second-order valence-electron chi connectivity index (χ2n) is 5.10. The Labute approximate surface area is 147 Å². The van der Waals surface area contributed by atoms with Crippen LogP contribution in [-0.2, 0) is 20.1 Å². The summed E-state index contributed by atoms with van der Waals surface area (Å²) in [6, 6.07) is 3.93. The van der Waals surface area contributed by atoms with Gasteiger partial charge in [-0.2, -0.15) is 5.10 Å². The van der Waals surface area contributed by atoms with Crippen molar-refractivity contribution in [2.75, 3.05) is 7.05 Å². The minimum Gasteiger partial charge on any atom is -0.359 e. The van der Waals surface area contributed by atoms with Gasteiger partial charge < -0.3 is 15.2 Å². The molecule has 0 amide bonds. The molecule has 2 aromatic heterocycles. The van der Waals surface area contributed by atoms with Gasteiger partial charge in [0.15, 0.2) is 11.7 Å². The second-order valence-corrected chi connectivity index (χ2v) is 5.10. The van der Waals surface area contributed by atoms with Gasteiger partial charge >= 0.3 is 0 Å². The number of guanidine groups is 1. The van der Waals surface area contributed by atoms with Crippen LogP contribution in [0.5, 0.6) is 0 Å². The zero-order chi connectivity index (χ0) is 15.2. The van der Waals surface area contributed by atoms with E-state index in [1.807, 2.05) is 23.9 Å². The van der Waals surface area contributed by atoms with Gasteiger partial charge in [0.1, 0.15) is 0 Å². The van der Waals surface area contributed by atoms with Crippen LogP contribution in [0, 0.1) is 0 Å². The van der Waals surface area contributed by atoms with Gasteiger partial charge in [0.2, 0.25) is 0 Å². The molecule has 2 N–H and O–H groups in total. The first-order valence-electron chi connectivity index (χ1n) is 6.97. The Kier molecular flexibility index (Phi) is 7.36. The highest BCUT2D eigenvalue weighted by Gasteiger charge is 2.08. The average molecular weight is 418 g/mol. The Balaban J connectivity index is 0.00000242. The molecule has 122 valence electrons.